The van der Waals surface area contributed by atoms with Crippen molar-refractivity contribution >= 4 is 66.3 Å². The zero-order chi connectivity index (χ0) is 27.4. The Bertz CT molecular complexity index is 2070. The van der Waals surface area contributed by atoms with Crippen LogP contribution in [0.25, 0.3) is 66.3 Å². The van der Waals surface area contributed by atoms with Gasteiger partial charge in [-0.1, -0.05) is 12.2 Å². The summed E-state index contributed by atoms with van der Waals surface area (Å²) >= 11 is 3.75. The molecule has 7 rings (SSSR count). The minimum absolute atomic E-state index is 0.769. The summed E-state index contributed by atoms with van der Waals surface area (Å²) in [5, 5.41) is 9.29. The second-order valence-electron chi connectivity index (χ2n) is 9.95. The van der Waals surface area contributed by atoms with Gasteiger partial charge in [-0.2, -0.15) is 15.0 Å². The zero-order valence-electron chi connectivity index (χ0n) is 22.8. The molecule has 200 valence electrons. The van der Waals surface area contributed by atoms with E-state index in [1.165, 1.54) is 30.2 Å². The van der Waals surface area contributed by atoms with Crippen LogP contribution in [0.2, 0.25) is 0 Å². The quantitative estimate of drug-likeness (QED) is 0.194. The first-order chi connectivity index (χ1) is 19.5. The molecule has 1 aromatic carbocycles. The molecule has 0 saturated heterocycles. The summed E-state index contributed by atoms with van der Waals surface area (Å²) < 4.78 is 17.4. The van der Waals surface area contributed by atoms with Gasteiger partial charge in [0, 0.05) is 41.4 Å². The van der Waals surface area contributed by atoms with Crippen LogP contribution in [-0.4, -0.2) is 19.6 Å². The number of hydrogen-bond acceptors (Lipinski definition) is 6. The number of aromatic nitrogens is 4. The summed E-state index contributed by atoms with van der Waals surface area (Å²) in [6, 6.07) is 16.7. The number of aryl methyl sites for hydroxylation is 4. The fourth-order valence-electron chi connectivity index (χ4n) is 5.26. The Morgan fingerprint density at radius 1 is 0.825 bits per heavy atom. The van der Waals surface area contributed by atoms with Crippen molar-refractivity contribution in [3.05, 3.63) is 82.0 Å². The molecule has 0 radical (unpaired) electrons. The average Bonchev–Trinajstić information content (AvgIpc) is 3.76. The van der Waals surface area contributed by atoms with E-state index in [-0.39, 0.29) is 0 Å². The lowest BCUT2D eigenvalue weighted by atomic mass is 10.1. The molecule has 0 N–H and O–H groups in total. The van der Waals surface area contributed by atoms with Crippen LogP contribution in [-0.2, 0) is 20.5 Å². The molecule has 6 heterocycles. The molecule has 6 nitrogen and oxygen atoms in total. The van der Waals surface area contributed by atoms with Gasteiger partial charge >= 0.3 is 0 Å². The van der Waals surface area contributed by atoms with Crippen molar-refractivity contribution in [2.24, 2.45) is 14.1 Å². The van der Waals surface area contributed by atoms with Gasteiger partial charge in [0.2, 0.25) is 0 Å². The SMILES string of the molecule is C/C=C/c1ccc(-c2ccc(-c3ccc(CC/C=C/c4cc5c(s4)c4sc(C)cc4n5C)o3)c3nn(C)nc23)o1. The Labute approximate surface area is 239 Å². The average molecular weight is 565 g/mol. The predicted molar refractivity (Wildman–Crippen MR) is 167 cm³/mol. The third-order valence-electron chi connectivity index (χ3n) is 7.13. The van der Waals surface area contributed by atoms with Crippen LogP contribution in [0.3, 0.4) is 0 Å². The van der Waals surface area contributed by atoms with E-state index in [2.05, 4.69) is 59.1 Å². The molecular formula is C32H28N4O2S2. The standard InChI is InChI=1S/C32H28N4O2S2/c1-5-8-20-11-15-27(37-20)23-13-14-24(30-29(23)33-36(4)34-30)28-16-12-21(38-28)9-6-7-10-22-18-26-32(40-22)31-25(35(26)3)17-19(2)39-31/h5,7-8,10-18H,6,9H2,1-4H3/b8-5+,10-7+. The summed E-state index contributed by atoms with van der Waals surface area (Å²) in [4.78, 5) is 4.24. The molecule has 0 atom stereocenters. The predicted octanol–water partition coefficient (Wildman–Crippen LogP) is 9.24. The molecule has 0 aliphatic heterocycles. The van der Waals surface area contributed by atoms with Crippen LogP contribution in [0, 0.1) is 6.92 Å². The smallest absolute Gasteiger partial charge is 0.137 e. The van der Waals surface area contributed by atoms with Crippen LogP contribution in [0.15, 0.2) is 69.5 Å². The summed E-state index contributed by atoms with van der Waals surface area (Å²) in [6.45, 7) is 4.15. The summed E-state index contributed by atoms with van der Waals surface area (Å²) in [7, 11) is 3.99. The Morgan fingerprint density at radius 2 is 1.52 bits per heavy atom. The van der Waals surface area contributed by atoms with Gasteiger partial charge in [-0.05, 0) is 81.0 Å². The number of benzene rings is 1. The minimum Gasteiger partial charge on any atom is -0.461 e. The lowest BCUT2D eigenvalue weighted by Gasteiger charge is -2.02. The first-order valence-corrected chi connectivity index (χ1v) is 14.9. The van der Waals surface area contributed by atoms with E-state index in [1.807, 2.05) is 79.1 Å². The maximum atomic E-state index is 6.28. The van der Waals surface area contributed by atoms with Crippen molar-refractivity contribution in [2.45, 2.75) is 26.7 Å². The van der Waals surface area contributed by atoms with Gasteiger partial charge in [-0.3, -0.25) is 0 Å². The van der Waals surface area contributed by atoms with Crippen molar-refractivity contribution in [3.63, 3.8) is 0 Å². The van der Waals surface area contributed by atoms with Crippen LogP contribution in [0.5, 0.6) is 0 Å². The maximum absolute atomic E-state index is 6.28. The van der Waals surface area contributed by atoms with E-state index >= 15 is 0 Å². The fourth-order valence-corrected chi connectivity index (χ4v) is 7.57. The molecule has 0 amide bonds. The van der Waals surface area contributed by atoms with Crippen molar-refractivity contribution < 1.29 is 8.83 Å². The van der Waals surface area contributed by atoms with Crippen LogP contribution >= 0.6 is 22.7 Å². The largest absolute Gasteiger partial charge is 0.461 e. The van der Waals surface area contributed by atoms with Gasteiger partial charge in [0.1, 0.15) is 34.1 Å². The summed E-state index contributed by atoms with van der Waals surface area (Å²) in [5.74, 6) is 3.33. The van der Waals surface area contributed by atoms with E-state index in [4.69, 9.17) is 8.83 Å². The second kappa shape index (κ2) is 9.80. The first-order valence-electron chi connectivity index (χ1n) is 13.3. The molecule has 0 bridgehead atoms. The van der Waals surface area contributed by atoms with Gasteiger partial charge in [0.15, 0.2) is 0 Å². The first kappa shape index (κ1) is 24.9. The Morgan fingerprint density at radius 3 is 2.30 bits per heavy atom. The number of thiophene rings is 2. The second-order valence-corrected chi connectivity index (χ2v) is 12.3. The van der Waals surface area contributed by atoms with E-state index in [9.17, 15) is 0 Å². The number of hydrogen-bond donors (Lipinski definition) is 0. The molecule has 0 saturated carbocycles. The number of nitrogens with zero attached hydrogens (tertiary/aromatic N) is 4. The molecule has 0 spiro atoms. The number of fused-ring (bicyclic) bond motifs is 4. The van der Waals surface area contributed by atoms with Crippen molar-refractivity contribution in [3.8, 4) is 22.6 Å². The minimum atomic E-state index is 0.769. The highest BCUT2D eigenvalue weighted by atomic mass is 32.1. The van der Waals surface area contributed by atoms with Crippen molar-refractivity contribution in [2.75, 3.05) is 0 Å². The molecule has 8 heteroatoms. The van der Waals surface area contributed by atoms with Gasteiger partial charge in [-0.15, -0.1) is 22.7 Å². The fraction of sp³-hybridized carbons (Fsp3) is 0.188. The van der Waals surface area contributed by atoms with E-state index in [1.54, 1.807) is 4.80 Å². The molecule has 6 aromatic heterocycles. The molecule has 40 heavy (non-hydrogen) atoms. The number of allylic oxidation sites excluding steroid dienone is 2. The van der Waals surface area contributed by atoms with Crippen molar-refractivity contribution in [1.82, 2.24) is 19.6 Å². The summed E-state index contributed by atoms with van der Waals surface area (Å²) in [6.07, 6.45) is 10.1. The molecule has 7 aromatic rings. The molecule has 0 aliphatic carbocycles. The van der Waals surface area contributed by atoms with Gasteiger partial charge in [-0.25, -0.2) is 0 Å². The van der Waals surface area contributed by atoms with Crippen LogP contribution in [0.1, 0.15) is 34.6 Å². The van der Waals surface area contributed by atoms with Crippen LogP contribution < -0.4 is 0 Å². The highest BCUT2D eigenvalue weighted by Gasteiger charge is 2.18. The maximum Gasteiger partial charge on any atom is 0.137 e. The Hall–Kier alpha value is -4.14. The topological polar surface area (TPSA) is 61.9 Å². The normalized spacial score (nSPS) is 12.5. The van der Waals surface area contributed by atoms with Gasteiger partial charge < -0.3 is 13.4 Å². The highest BCUT2D eigenvalue weighted by Crippen LogP contribution is 2.40. The monoisotopic (exact) mass is 564 g/mol. The van der Waals surface area contributed by atoms with Crippen LogP contribution in [0.4, 0.5) is 0 Å². The molecular weight excluding hydrogens is 537 g/mol. The molecule has 0 aliphatic rings. The van der Waals surface area contributed by atoms with Gasteiger partial charge in [0.05, 0.1) is 20.4 Å². The van der Waals surface area contributed by atoms with E-state index < -0.39 is 0 Å². The Balaban J connectivity index is 1.09. The lowest BCUT2D eigenvalue weighted by Crippen LogP contribution is -1.91. The third kappa shape index (κ3) is 4.24. The molecule has 0 fully saturated rings. The number of furan rings is 2. The summed E-state index contributed by atoms with van der Waals surface area (Å²) in [5.41, 5.74) is 6.07. The molecule has 0 unspecified atom stereocenters. The Kier molecular flexibility index (Phi) is 6.09. The van der Waals surface area contributed by atoms with E-state index in [0.717, 1.165) is 58.0 Å². The van der Waals surface area contributed by atoms with E-state index in [0.29, 0.717) is 0 Å². The van der Waals surface area contributed by atoms with Gasteiger partial charge in [0.25, 0.3) is 0 Å². The highest BCUT2D eigenvalue weighted by molar-refractivity contribution is 7.27. The lowest BCUT2D eigenvalue weighted by molar-refractivity contribution is 0.523. The third-order valence-corrected chi connectivity index (χ3v) is 9.42. The zero-order valence-corrected chi connectivity index (χ0v) is 24.4. The number of rotatable bonds is 7. The van der Waals surface area contributed by atoms with Crippen molar-refractivity contribution in [1.29, 1.82) is 0 Å².